The van der Waals surface area contributed by atoms with E-state index in [9.17, 15) is 13.2 Å². The van der Waals surface area contributed by atoms with Crippen LogP contribution in [0.5, 0.6) is 11.5 Å². The second kappa shape index (κ2) is 10.3. The Morgan fingerprint density at radius 1 is 0.938 bits per heavy atom. The van der Waals surface area contributed by atoms with E-state index in [1.165, 1.54) is 10.6 Å². The normalized spacial score (nSPS) is 11.1. The maximum atomic E-state index is 12.6. The van der Waals surface area contributed by atoms with Gasteiger partial charge in [-0.2, -0.15) is 0 Å². The molecule has 3 rings (SSSR count). The Bertz CT molecular complexity index is 1180. The van der Waals surface area contributed by atoms with Gasteiger partial charge >= 0.3 is 0 Å². The monoisotopic (exact) mass is 452 g/mol. The Morgan fingerprint density at radius 2 is 1.62 bits per heavy atom. The SMILES string of the molecule is Cc1cccc(N(CCCC(=O)Nc2ccccc2Oc2ccccc2)S(C)(=O)=O)c1C. The molecule has 1 amide bonds. The lowest BCUT2D eigenvalue weighted by Crippen LogP contribution is -2.32. The third-order valence-corrected chi connectivity index (χ3v) is 6.32. The first-order valence-corrected chi connectivity index (χ1v) is 12.3. The van der Waals surface area contributed by atoms with Gasteiger partial charge in [-0.05, 0) is 61.7 Å². The molecule has 0 aliphatic rings. The van der Waals surface area contributed by atoms with Crippen molar-refractivity contribution in [3.05, 3.63) is 83.9 Å². The molecule has 0 unspecified atom stereocenters. The summed E-state index contributed by atoms with van der Waals surface area (Å²) < 4.78 is 32.0. The van der Waals surface area contributed by atoms with Crippen molar-refractivity contribution in [2.45, 2.75) is 26.7 Å². The van der Waals surface area contributed by atoms with E-state index < -0.39 is 10.0 Å². The maximum Gasteiger partial charge on any atom is 0.232 e. The number of sulfonamides is 1. The zero-order valence-corrected chi connectivity index (χ0v) is 19.4. The van der Waals surface area contributed by atoms with Gasteiger partial charge in [0.25, 0.3) is 0 Å². The molecule has 0 heterocycles. The molecule has 168 valence electrons. The highest BCUT2D eigenvalue weighted by atomic mass is 32.2. The Morgan fingerprint density at radius 3 is 2.34 bits per heavy atom. The third kappa shape index (κ3) is 6.11. The molecule has 0 fully saturated rings. The number of anilines is 2. The average Bonchev–Trinajstić information content (AvgIpc) is 2.75. The van der Waals surface area contributed by atoms with Crippen LogP contribution in [0.4, 0.5) is 11.4 Å². The van der Waals surface area contributed by atoms with Gasteiger partial charge in [-0.25, -0.2) is 8.42 Å². The molecular weight excluding hydrogens is 424 g/mol. The molecule has 0 aliphatic carbocycles. The quantitative estimate of drug-likeness (QED) is 0.479. The molecule has 0 aliphatic heterocycles. The first-order valence-electron chi connectivity index (χ1n) is 10.4. The fourth-order valence-corrected chi connectivity index (χ4v) is 4.36. The molecule has 7 heteroatoms. The summed E-state index contributed by atoms with van der Waals surface area (Å²) in [4.78, 5) is 12.6. The number of carbonyl (C=O) groups is 1. The van der Waals surface area contributed by atoms with Gasteiger partial charge in [-0.3, -0.25) is 9.10 Å². The lowest BCUT2D eigenvalue weighted by Gasteiger charge is -2.25. The van der Waals surface area contributed by atoms with Crippen LogP contribution in [0.3, 0.4) is 0 Å². The fraction of sp³-hybridized carbons (Fsp3) is 0.240. The number of ether oxygens (including phenoxy) is 1. The summed E-state index contributed by atoms with van der Waals surface area (Å²) in [5.74, 6) is 1.01. The van der Waals surface area contributed by atoms with E-state index in [4.69, 9.17) is 4.74 Å². The highest BCUT2D eigenvalue weighted by molar-refractivity contribution is 7.92. The van der Waals surface area contributed by atoms with E-state index in [0.717, 1.165) is 11.1 Å². The molecule has 0 aromatic heterocycles. The highest BCUT2D eigenvalue weighted by Gasteiger charge is 2.20. The number of hydrogen-bond donors (Lipinski definition) is 1. The zero-order valence-electron chi connectivity index (χ0n) is 18.5. The number of benzene rings is 3. The molecule has 0 radical (unpaired) electrons. The smallest absolute Gasteiger partial charge is 0.232 e. The van der Waals surface area contributed by atoms with Gasteiger partial charge in [0.2, 0.25) is 15.9 Å². The number of aryl methyl sites for hydroxylation is 1. The van der Waals surface area contributed by atoms with Crippen LogP contribution in [0.2, 0.25) is 0 Å². The third-order valence-electron chi connectivity index (χ3n) is 5.14. The van der Waals surface area contributed by atoms with Crippen molar-refractivity contribution in [2.75, 3.05) is 22.4 Å². The van der Waals surface area contributed by atoms with Crippen molar-refractivity contribution < 1.29 is 17.9 Å². The van der Waals surface area contributed by atoms with Crippen molar-refractivity contribution in [1.82, 2.24) is 0 Å². The second-order valence-corrected chi connectivity index (χ2v) is 9.52. The largest absolute Gasteiger partial charge is 0.455 e. The summed E-state index contributed by atoms with van der Waals surface area (Å²) >= 11 is 0. The van der Waals surface area contributed by atoms with Crippen LogP contribution in [-0.2, 0) is 14.8 Å². The van der Waals surface area contributed by atoms with E-state index in [0.29, 0.717) is 29.3 Å². The van der Waals surface area contributed by atoms with Gasteiger partial charge in [0.05, 0.1) is 17.6 Å². The summed E-state index contributed by atoms with van der Waals surface area (Å²) in [5.41, 5.74) is 3.14. The maximum absolute atomic E-state index is 12.6. The van der Waals surface area contributed by atoms with E-state index >= 15 is 0 Å². The number of hydrogen-bond acceptors (Lipinski definition) is 4. The lowest BCUT2D eigenvalue weighted by atomic mass is 10.1. The molecule has 0 bridgehead atoms. The van der Waals surface area contributed by atoms with Crippen LogP contribution in [-0.4, -0.2) is 27.1 Å². The summed E-state index contributed by atoms with van der Waals surface area (Å²) in [6, 6.07) is 22.1. The van der Waals surface area contributed by atoms with E-state index in [1.807, 2.05) is 68.4 Å². The molecule has 0 saturated heterocycles. The van der Waals surface area contributed by atoms with Crippen molar-refractivity contribution in [3.63, 3.8) is 0 Å². The summed E-state index contributed by atoms with van der Waals surface area (Å²) in [7, 11) is -3.47. The first-order chi connectivity index (χ1) is 15.3. The number of nitrogens with zero attached hydrogens (tertiary/aromatic N) is 1. The van der Waals surface area contributed by atoms with Crippen molar-refractivity contribution in [2.24, 2.45) is 0 Å². The predicted octanol–water partition coefficient (Wildman–Crippen LogP) is 5.28. The second-order valence-electron chi connectivity index (χ2n) is 7.62. The Kier molecular flexibility index (Phi) is 7.53. The Hall–Kier alpha value is -3.32. The van der Waals surface area contributed by atoms with Crippen LogP contribution >= 0.6 is 0 Å². The first kappa shape index (κ1) is 23.3. The minimum Gasteiger partial charge on any atom is -0.455 e. The number of nitrogens with one attached hydrogen (secondary N) is 1. The molecule has 0 saturated carbocycles. The van der Waals surface area contributed by atoms with Crippen LogP contribution in [0, 0.1) is 13.8 Å². The summed E-state index contributed by atoms with van der Waals surface area (Å²) in [5, 5.41) is 2.87. The summed E-state index contributed by atoms with van der Waals surface area (Å²) in [6.07, 6.45) is 1.75. The molecule has 0 spiro atoms. The van der Waals surface area contributed by atoms with E-state index in [2.05, 4.69) is 5.32 Å². The summed E-state index contributed by atoms with van der Waals surface area (Å²) in [6.45, 7) is 4.07. The van der Waals surface area contributed by atoms with Crippen molar-refractivity contribution >= 4 is 27.3 Å². The van der Waals surface area contributed by atoms with E-state index in [-0.39, 0.29) is 18.9 Å². The number of rotatable bonds is 9. The molecule has 0 atom stereocenters. The van der Waals surface area contributed by atoms with Crippen LogP contribution in [0.1, 0.15) is 24.0 Å². The standard InChI is InChI=1S/C25H28N2O4S/c1-19-11-9-15-23(20(19)2)27(32(3,29)30)18-10-17-25(28)26-22-14-7-8-16-24(22)31-21-12-5-4-6-13-21/h4-9,11-16H,10,17-18H2,1-3H3,(H,26,28). The van der Waals surface area contributed by atoms with Gasteiger partial charge < -0.3 is 10.1 Å². The van der Waals surface area contributed by atoms with Gasteiger partial charge in [-0.1, -0.05) is 42.5 Å². The average molecular weight is 453 g/mol. The van der Waals surface area contributed by atoms with Crippen LogP contribution < -0.4 is 14.4 Å². The zero-order chi connectivity index (χ0) is 23.1. The fourth-order valence-electron chi connectivity index (χ4n) is 3.34. The van der Waals surface area contributed by atoms with E-state index in [1.54, 1.807) is 18.2 Å². The lowest BCUT2D eigenvalue weighted by molar-refractivity contribution is -0.116. The Labute approximate surface area is 189 Å². The molecular formula is C25H28N2O4S. The van der Waals surface area contributed by atoms with Crippen molar-refractivity contribution in [1.29, 1.82) is 0 Å². The van der Waals surface area contributed by atoms with Gasteiger partial charge in [0.15, 0.2) is 5.75 Å². The molecule has 3 aromatic rings. The highest BCUT2D eigenvalue weighted by Crippen LogP contribution is 2.29. The topological polar surface area (TPSA) is 75.7 Å². The molecule has 32 heavy (non-hydrogen) atoms. The minimum atomic E-state index is -3.47. The molecule has 6 nitrogen and oxygen atoms in total. The number of carbonyl (C=O) groups excluding carboxylic acids is 1. The van der Waals surface area contributed by atoms with Crippen LogP contribution in [0.15, 0.2) is 72.8 Å². The van der Waals surface area contributed by atoms with Gasteiger partial charge in [0, 0.05) is 13.0 Å². The predicted molar refractivity (Wildman–Crippen MR) is 129 cm³/mol. The molecule has 3 aromatic carbocycles. The van der Waals surface area contributed by atoms with Crippen LogP contribution in [0.25, 0.3) is 0 Å². The Balaban J connectivity index is 1.64. The minimum absolute atomic E-state index is 0.177. The van der Waals surface area contributed by atoms with Crippen molar-refractivity contribution in [3.8, 4) is 11.5 Å². The molecule has 1 N–H and O–H groups in total. The number of para-hydroxylation sites is 3. The van der Waals surface area contributed by atoms with Gasteiger partial charge in [-0.15, -0.1) is 0 Å². The van der Waals surface area contributed by atoms with Gasteiger partial charge in [0.1, 0.15) is 5.75 Å². The number of amides is 1.